The number of pyridine rings is 1. The van der Waals surface area contributed by atoms with Crippen LogP contribution in [-0.2, 0) is 9.53 Å². The quantitative estimate of drug-likeness (QED) is 0.850. The summed E-state index contributed by atoms with van der Waals surface area (Å²) in [6, 6.07) is 4.17. The fraction of sp³-hybridized carbons (Fsp3) is 0.684. The summed E-state index contributed by atoms with van der Waals surface area (Å²) in [4.78, 5) is 21.2. The fourth-order valence-electron chi connectivity index (χ4n) is 4.91. The number of likely N-dealkylation sites (tertiary alicyclic amines) is 2. The molecule has 0 bridgehead atoms. The van der Waals surface area contributed by atoms with Crippen molar-refractivity contribution in [3.63, 3.8) is 0 Å². The van der Waals surface area contributed by atoms with Crippen LogP contribution in [0.4, 0.5) is 0 Å². The lowest BCUT2D eigenvalue weighted by atomic mass is 9.74. The van der Waals surface area contributed by atoms with Gasteiger partial charge in [0.1, 0.15) is 0 Å². The first-order valence-electron chi connectivity index (χ1n) is 9.16. The van der Waals surface area contributed by atoms with Crippen molar-refractivity contribution in [2.24, 2.45) is 5.92 Å². The van der Waals surface area contributed by atoms with Crippen LogP contribution >= 0.6 is 0 Å². The number of amides is 1. The molecule has 3 aliphatic heterocycles. The Morgan fingerprint density at radius 3 is 2.71 bits per heavy atom. The van der Waals surface area contributed by atoms with E-state index in [-0.39, 0.29) is 11.4 Å². The van der Waals surface area contributed by atoms with Crippen molar-refractivity contribution in [2.45, 2.75) is 37.1 Å². The van der Waals surface area contributed by atoms with Crippen LogP contribution in [0.5, 0.6) is 0 Å². The lowest BCUT2D eigenvalue weighted by molar-refractivity contribution is -0.130. The van der Waals surface area contributed by atoms with Crippen LogP contribution in [-0.4, -0.2) is 66.1 Å². The number of aromatic nitrogens is 1. The maximum absolute atomic E-state index is 12.5. The second kappa shape index (κ2) is 6.45. The number of rotatable bonds is 3. The van der Waals surface area contributed by atoms with Gasteiger partial charge in [0, 0.05) is 58.0 Å². The lowest BCUT2D eigenvalue weighted by Crippen LogP contribution is -2.54. The molecule has 1 spiro atoms. The molecule has 0 aliphatic carbocycles. The van der Waals surface area contributed by atoms with Gasteiger partial charge in [-0.15, -0.1) is 0 Å². The molecule has 2 atom stereocenters. The van der Waals surface area contributed by atoms with Crippen LogP contribution in [0.15, 0.2) is 24.5 Å². The second-order valence-electron chi connectivity index (χ2n) is 7.62. The first-order chi connectivity index (χ1) is 11.7. The maximum Gasteiger partial charge on any atom is 0.223 e. The number of hydrogen-bond donors (Lipinski definition) is 0. The zero-order valence-corrected chi connectivity index (χ0v) is 14.5. The van der Waals surface area contributed by atoms with Gasteiger partial charge in [0.15, 0.2) is 0 Å². The van der Waals surface area contributed by atoms with Gasteiger partial charge in [-0.05, 0) is 42.9 Å². The second-order valence-corrected chi connectivity index (χ2v) is 7.62. The molecular formula is C19H27N3O2. The third kappa shape index (κ3) is 2.74. The summed E-state index contributed by atoms with van der Waals surface area (Å²) in [5, 5.41) is 0. The minimum Gasteiger partial charge on any atom is -0.381 e. The van der Waals surface area contributed by atoms with E-state index in [1.807, 2.05) is 24.3 Å². The molecule has 0 aromatic carbocycles. The Hall–Kier alpha value is -1.46. The molecule has 4 heterocycles. The van der Waals surface area contributed by atoms with Crippen LogP contribution in [0.3, 0.4) is 0 Å². The summed E-state index contributed by atoms with van der Waals surface area (Å²) in [5.41, 5.74) is 1.25. The molecule has 0 radical (unpaired) electrons. The van der Waals surface area contributed by atoms with Gasteiger partial charge in [-0.25, -0.2) is 0 Å². The van der Waals surface area contributed by atoms with Crippen LogP contribution in [0.1, 0.15) is 37.2 Å². The number of carbonyl (C=O) groups excluding carboxylic acids is 1. The molecule has 3 saturated heterocycles. The molecular weight excluding hydrogens is 302 g/mol. The number of nitrogens with zero attached hydrogens (tertiary/aromatic N) is 3. The molecule has 5 nitrogen and oxygen atoms in total. The molecule has 5 heteroatoms. The Morgan fingerprint density at radius 1 is 1.29 bits per heavy atom. The van der Waals surface area contributed by atoms with E-state index >= 15 is 0 Å². The van der Waals surface area contributed by atoms with Crippen LogP contribution < -0.4 is 0 Å². The highest BCUT2D eigenvalue weighted by Gasteiger charge is 2.52. The minimum absolute atomic E-state index is 0.0128. The number of likely N-dealkylation sites (N-methyl/N-ethyl adjacent to an activating group) is 1. The average Bonchev–Trinajstić information content (AvgIpc) is 3.21. The predicted molar refractivity (Wildman–Crippen MR) is 91.7 cm³/mol. The van der Waals surface area contributed by atoms with Crippen molar-refractivity contribution in [3.05, 3.63) is 30.1 Å². The lowest BCUT2D eigenvalue weighted by Gasteiger charge is -2.47. The monoisotopic (exact) mass is 329 g/mol. The number of hydrogen-bond acceptors (Lipinski definition) is 4. The Balaban J connectivity index is 1.49. The summed E-state index contributed by atoms with van der Waals surface area (Å²) >= 11 is 0. The minimum atomic E-state index is -0.0128. The van der Waals surface area contributed by atoms with Crippen LogP contribution in [0.2, 0.25) is 0 Å². The van der Waals surface area contributed by atoms with Gasteiger partial charge in [-0.2, -0.15) is 0 Å². The summed E-state index contributed by atoms with van der Waals surface area (Å²) in [5.74, 6) is 1.28. The van der Waals surface area contributed by atoms with Crippen molar-refractivity contribution >= 4 is 5.91 Å². The number of piperidine rings is 1. The van der Waals surface area contributed by atoms with Crippen molar-refractivity contribution in [3.8, 4) is 0 Å². The molecule has 0 unspecified atom stereocenters. The van der Waals surface area contributed by atoms with Gasteiger partial charge in [0.05, 0.1) is 12.1 Å². The Labute approximate surface area is 144 Å². The Morgan fingerprint density at radius 2 is 2.04 bits per heavy atom. The highest BCUT2D eigenvalue weighted by Crippen LogP contribution is 2.48. The molecule has 0 saturated carbocycles. The standard InChI is InChI=1S/C19H27N3O2/c1-21-18(23)12-17(16-2-7-20-8-3-16)19(21)5-9-22(10-6-19)13-15-4-11-24-14-15/h2-3,7-8,15,17H,4-6,9-14H2,1H3/t15-,17+/m0/s1. The van der Waals surface area contributed by atoms with E-state index in [1.165, 1.54) is 12.0 Å². The largest absolute Gasteiger partial charge is 0.381 e. The fourth-order valence-corrected chi connectivity index (χ4v) is 4.91. The first-order valence-corrected chi connectivity index (χ1v) is 9.16. The van der Waals surface area contributed by atoms with E-state index in [0.717, 1.165) is 45.7 Å². The van der Waals surface area contributed by atoms with Crippen molar-refractivity contribution < 1.29 is 9.53 Å². The van der Waals surface area contributed by atoms with E-state index in [0.29, 0.717) is 18.3 Å². The van der Waals surface area contributed by atoms with E-state index in [2.05, 4.69) is 22.0 Å². The van der Waals surface area contributed by atoms with Crippen LogP contribution in [0, 0.1) is 5.92 Å². The summed E-state index contributed by atoms with van der Waals surface area (Å²) in [6.45, 7) is 5.14. The Kier molecular flexibility index (Phi) is 4.31. The van der Waals surface area contributed by atoms with Crippen molar-refractivity contribution in [1.29, 1.82) is 0 Å². The van der Waals surface area contributed by atoms with Gasteiger partial charge in [-0.1, -0.05) is 0 Å². The zero-order chi connectivity index (χ0) is 16.6. The Bertz CT molecular complexity index is 578. The third-order valence-electron chi connectivity index (χ3n) is 6.44. The average molecular weight is 329 g/mol. The molecule has 0 N–H and O–H groups in total. The summed E-state index contributed by atoms with van der Waals surface area (Å²) in [6.07, 6.45) is 7.66. The zero-order valence-electron chi connectivity index (χ0n) is 14.5. The number of ether oxygens (including phenoxy) is 1. The topological polar surface area (TPSA) is 45.7 Å². The SMILES string of the molecule is CN1C(=O)C[C@H](c2ccncc2)C12CCN(C[C@@H]1CCOC1)CC2. The summed E-state index contributed by atoms with van der Waals surface area (Å²) in [7, 11) is 2.00. The van der Waals surface area contributed by atoms with Gasteiger partial charge in [-0.3, -0.25) is 9.78 Å². The molecule has 3 aliphatic rings. The highest BCUT2D eigenvalue weighted by atomic mass is 16.5. The molecule has 3 fully saturated rings. The third-order valence-corrected chi connectivity index (χ3v) is 6.44. The van der Waals surface area contributed by atoms with Gasteiger partial charge in [0.2, 0.25) is 5.91 Å². The molecule has 130 valence electrons. The van der Waals surface area contributed by atoms with Gasteiger partial charge in [0.25, 0.3) is 0 Å². The van der Waals surface area contributed by atoms with E-state index in [4.69, 9.17) is 4.74 Å². The van der Waals surface area contributed by atoms with Crippen molar-refractivity contribution in [2.75, 3.05) is 39.9 Å². The van der Waals surface area contributed by atoms with Crippen LogP contribution in [0.25, 0.3) is 0 Å². The van der Waals surface area contributed by atoms with Gasteiger partial charge < -0.3 is 14.5 Å². The molecule has 4 rings (SSSR count). The first kappa shape index (κ1) is 16.0. The molecule has 1 amide bonds. The van der Waals surface area contributed by atoms with Crippen molar-refractivity contribution in [1.82, 2.24) is 14.8 Å². The molecule has 24 heavy (non-hydrogen) atoms. The van der Waals surface area contributed by atoms with E-state index in [1.54, 1.807) is 0 Å². The predicted octanol–water partition coefficient (Wildman–Crippen LogP) is 1.90. The van der Waals surface area contributed by atoms with Gasteiger partial charge >= 0.3 is 0 Å². The maximum atomic E-state index is 12.5. The normalized spacial score (nSPS) is 30.4. The molecule has 1 aromatic rings. The smallest absolute Gasteiger partial charge is 0.223 e. The summed E-state index contributed by atoms with van der Waals surface area (Å²) < 4.78 is 5.51. The van der Waals surface area contributed by atoms with E-state index < -0.39 is 0 Å². The number of carbonyl (C=O) groups is 1. The molecule has 1 aromatic heterocycles. The highest BCUT2D eigenvalue weighted by molar-refractivity contribution is 5.81. The van der Waals surface area contributed by atoms with E-state index in [9.17, 15) is 4.79 Å².